The van der Waals surface area contributed by atoms with E-state index >= 15 is 0 Å². The van der Waals surface area contributed by atoms with E-state index in [1.165, 1.54) is 0 Å². The molecule has 3 N–H and O–H groups in total. The quantitative estimate of drug-likeness (QED) is 0.492. The van der Waals surface area contributed by atoms with Gasteiger partial charge in [0.25, 0.3) is 0 Å². The summed E-state index contributed by atoms with van der Waals surface area (Å²) in [6.45, 7) is 1.98. The number of benzene rings is 2. The number of para-hydroxylation sites is 1. The Hall–Kier alpha value is -3.87. The second kappa shape index (κ2) is 7.63. The number of fused-ring (bicyclic) bond motifs is 1. The van der Waals surface area contributed by atoms with Crippen molar-refractivity contribution in [3.8, 4) is 22.6 Å². The van der Waals surface area contributed by atoms with Crippen LogP contribution in [0.25, 0.3) is 22.2 Å². The Labute approximate surface area is 168 Å². The summed E-state index contributed by atoms with van der Waals surface area (Å²) in [7, 11) is 3.25. The molecule has 0 fully saturated rings. The monoisotopic (exact) mass is 387 g/mol. The molecule has 0 aliphatic heterocycles. The molecule has 0 aliphatic carbocycles. The third-order valence-electron chi connectivity index (χ3n) is 4.66. The molecule has 0 bridgehead atoms. The highest BCUT2D eigenvalue weighted by atomic mass is 16.5. The summed E-state index contributed by atoms with van der Waals surface area (Å²) in [5.41, 5.74) is 11.0. The molecule has 4 aromatic rings. The third kappa shape index (κ3) is 3.75. The fraction of sp³-hybridized carbons (Fsp3) is 0.136. The number of nitrogens with two attached hydrogens (primary N) is 1. The van der Waals surface area contributed by atoms with Gasteiger partial charge in [-0.05, 0) is 42.3 Å². The molecule has 0 saturated carbocycles. The molecule has 0 amide bonds. The zero-order valence-electron chi connectivity index (χ0n) is 16.4. The van der Waals surface area contributed by atoms with Crippen LogP contribution in [0.3, 0.4) is 0 Å². The number of anilines is 3. The van der Waals surface area contributed by atoms with E-state index in [0.717, 1.165) is 27.8 Å². The lowest BCUT2D eigenvalue weighted by Gasteiger charge is -2.11. The molecule has 0 saturated heterocycles. The normalized spacial score (nSPS) is 10.7. The summed E-state index contributed by atoms with van der Waals surface area (Å²) < 4.78 is 10.7. The van der Waals surface area contributed by atoms with E-state index in [4.69, 9.17) is 15.2 Å². The molecule has 7 nitrogen and oxygen atoms in total. The molecule has 2 aromatic heterocycles. The molecular weight excluding hydrogens is 366 g/mol. The first kappa shape index (κ1) is 18.5. The van der Waals surface area contributed by atoms with Gasteiger partial charge in [-0.3, -0.25) is 0 Å². The number of methoxy groups -OCH3 is 2. The maximum atomic E-state index is 6.06. The van der Waals surface area contributed by atoms with Gasteiger partial charge in [0.15, 0.2) is 5.65 Å². The van der Waals surface area contributed by atoms with Crippen LogP contribution in [0.2, 0.25) is 0 Å². The van der Waals surface area contributed by atoms with Crippen LogP contribution in [-0.2, 0) is 0 Å². The van der Waals surface area contributed by atoms with Crippen molar-refractivity contribution in [2.75, 3.05) is 25.3 Å². The SMILES string of the molecule is COc1cc(OC)cc(-c2cnc3nc(Nc4c(C)cccc4N)ncc3c2)c1. The van der Waals surface area contributed by atoms with Gasteiger partial charge in [0.2, 0.25) is 5.95 Å². The third-order valence-corrected chi connectivity index (χ3v) is 4.66. The van der Waals surface area contributed by atoms with Crippen LogP contribution in [0.5, 0.6) is 11.5 Å². The largest absolute Gasteiger partial charge is 0.497 e. The Bertz CT molecular complexity index is 1150. The number of ether oxygens (including phenoxy) is 2. The number of nitrogens with zero attached hydrogens (tertiary/aromatic N) is 3. The van der Waals surface area contributed by atoms with Crippen LogP contribution in [-0.4, -0.2) is 29.2 Å². The smallest absolute Gasteiger partial charge is 0.229 e. The second-order valence-electron chi connectivity index (χ2n) is 6.60. The van der Waals surface area contributed by atoms with E-state index < -0.39 is 0 Å². The van der Waals surface area contributed by atoms with Crippen molar-refractivity contribution in [1.29, 1.82) is 0 Å². The lowest BCUT2D eigenvalue weighted by Crippen LogP contribution is -2.02. The summed E-state index contributed by atoms with van der Waals surface area (Å²) in [5.74, 6) is 1.87. The van der Waals surface area contributed by atoms with Gasteiger partial charge in [-0.25, -0.2) is 9.97 Å². The van der Waals surface area contributed by atoms with Gasteiger partial charge in [0.05, 0.1) is 25.6 Å². The Kier molecular flexibility index (Phi) is 4.87. The van der Waals surface area contributed by atoms with Crippen molar-refractivity contribution < 1.29 is 9.47 Å². The predicted octanol–water partition coefficient (Wildman–Crippen LogP) is 4.34. The number of nitrogen functional groups attached to an aromatic ring is 1. The fourth-order valence-electron chi connectivity index (χ4n) is 3.09. The van der Waals surface area contributed by atoms with Crippen molar-refractivity contribution in [1.82, 2.24) is 15.0 Å². The van der Waals surface area contributed by atoms with Crippen LogP contribution in [0.4, 0.5) is 17.3 Å². The molecule has 0 aliphatic rings. The Morgan fingerprint density at radius 1 is 0.897 bits per heavy atom. The molecule has 0 atom stereocenters. The van der Waals surface area contributed by atoms with Crippen molar-refractivity contribution in [2.24, 2.45) is 0 Å². The van der Waals surface area contributed by atoms with Crippen LogP contribution in [0.1, 0.15) is 5.56 Å². The van der Waals surface area contributed by atoms with E-state index in [2.05, 4.69) is 20.3 Å². The summed E-state index contributed by atoms with van der Waals surface area (Å²) in [4.78, 5) is 13.4. The minimum absolute atomic E-state index is 0.446. The number of aryl methyl sites for hydroxylation is 1. The molecule has 0 spiro atoms. The highest BCUT2D eigenvalue weighted by Crippen LogP contribution is 2.31. The van der Waals surface area contributed by atoms with Crippen molar-refractivity contribution in [3.63, 3.8) is 0 Å². The van der Waals surface area contributed by atoms with Crippen LogP contribution < -0.4 is 20.5 Å². The Balaban J connectivity index is 1.69. The summed E-state index contributed by atoms with van der Waals surface area (Å²) in [5, 5.41) is 4.02. The number of nitrogens with one attached hydrogen (secondary N) is 1. The van der Waals surface area contributed by atoms with E-state index in [-0.39, 0.29) is 0 Å². The maximum absolute atomic E-state index is 6.06. The fourth-order valence-corrected chi connectivity index (χ4v) is 3.09. The molecular formula is C22H21N5O2. The maximum Gasteiger partial charge on any atom is 0.229 e. The molecule has 4 rings (SSSR count). The standard InChI is InChI=1S/C22H21N5O2/c1-13-5-4-6-19(23)20(13)26-22-25-12-16-7-15(11-24-21(16)27-22)14-8-17(28-2)10-18(9-14)29-3/h4-12H,23H2,1-3H3,(H,24,25,26,27). The molecule has 7 heteroatoms. The zero-order valence-corrected chi connectivity index (χ0v) is 16.4. The van der Waals surface area contributed by atoms with Gasteiger partial charge in [0.1, 0.15) is 11.5 Å². The minimum Gasteiger partial charge on any atom is -0.497 e. The number of aromatic nitrogens is 3. The Morgan fingerprint density at radius 2 is 1.66 bits per heavy atom. The highest BCUT2D eigenvalue weighted by molar-refractivity contribution is 5.82. The number of pyridine rings is 1. The average molecular weight is 387 g/mol. The summed E-state index contributed by atoms with van der Waals surface area (Å²) in [6.07, 6.45) is 3.52. The number of rotatable bonds is 5. The predicted molar refractivity (Wildman–Crippen MR) is 115 cm³/mol. The van der Waals surface area contributed by atoms with Crippen molar-refractivity contribution in [2.45, 2.75) is 6.92 Å². The van der Waals surface area contributed by atoms with E-state index in [1.807, 2.05) is 49.4 Å². The first-order valence-electron chi connectivity index (χ1n) is 9.06. The summed E-state index contributed by atoms with van der Waals surface area (Å²) in [6, 6.07) is 13.4. The lowest BCUT2D eigenvalue weighted by molar-refractivity contribution is 0.394. The zero-order chi connectivity index (χ0) is 20.4. The first-order valence-corrected chi connectivity index (χ1v) is 9.06. The molecule has 2 heterocycles. The molecule has 0 unspecified atom stereocenters. The van der Waals surface area contributed by atoms with Crippen molar-refractivity contribution in [3.05, 3.63) is 60.4 Å². The van der Waals surface area contributed by atoms with Gasteiger partial charge < -0.3 is 20.5 Å². The van der Waals surface area contributed by atoms with Crippen LogP contribution in [0.15, 0.2) is 54.9 Å². The van der Waals surface area contributed by atoms with E-state index in [9.17, 15) is 0 Å². The minimum atomic E-state index is 0.446. The number of hydrogen-bond donors (Lipinski definition) is 2. The van der Waals surface area contributed by atoms with Gasteiger partial charge in [-0.1, -0.05) is 12.1 Å². The van der Waals surface area contributed by atoms with E-state index in [1.54, 1.807) is 26.6 Å². The van der Waals surface area contributed by atoms with Gasteiger partial charge in [-0.2, -0.15) is 4.98 Å². The molecule has 2 aromatic carbocycles. The van der Waals surface area contributed by atoms with Gasteiger partial charge in [-0.15, -0.1) is 0 Å². The number of hydrogen-bond acceptors (Lipinski definition) is 7. The highest BCUT2D eigenvalue weighted by Gasteiger charge is 2.09. The summed E-state index contributed by atoms with van der Waals surface area (Å²) >= 11 is 0. The molecule has 146 valence electrons. The molecule has 29 heavy (non-hydrogen) atoms. The van der Waals surface area contributed by atoms with Gasteiger partial charge in [0, 0.05) is 29.4 Å². The first-order chi connectivity index (χ1) is 14.1. The van der Waals surface area contributed by atoms with Gasteiger partial charge >= 0.3 is 0 Å². The Morgan fingerprint density at radius 3 is 2.34 bits per heavy atom. The lowest BCUT2D eigenvalue weighted by atomic mass is 10.1. The van der Waals surface area contributed by atoms with Crippen molar-refractivity contribution >= 4 is 28.4 Å². The second-order valence-corrected chi connectivity index (χ2v) is 6.60. The average Bonchev–Trinajstić information content (AvgIpc) is 2.75. The van der Waals surface area contributed by atoms with E-state index in [0.29, 0.717) is 28.8 Å². The topological polar surface area (TPSA) is 95.2 Å². The van der Waals surface area contributed by atoms with Crippen LogP contribution >= 0.6 is 0 Å². The molecule has 0 radical (unpaired) electrons. The van der Waals surface area contributed by atoms with Crippen LogP contribution in [0, 0.1) is 6.92 Å².